The number of hydrogen-bond acceptors (Lipinski definition) is 2. The predicted octanol–water partition coefficient (Wildman–Crippen LogP) is 2.61. The second kappa shape index (κ2) is 4.96. The average molecular weight is 211 g/mol. The van der Waals surface area contributed by atoms with Crippen molar-refractivity contribution >= 4 is 29.6 Å². The molecular weight excluding hydrogens is 204 g/mol. The highest BCUT2D eigenvalue weighted by molar-refractivity contribution is 7.98. The molecule has 1 rings (SSSR count). The Kier molecular flexibility index (Phi) is 3.88. The largest absolute Gasteiger partial charge is 0.289 e. The van der Waals surface area contributed by atoms with Crippen molar-refractivity contribution in [3.8, 4) is 11.8 Å². The molecule has 66 valence electrons. The number of thioether (sulfide) groups is 1. The first-order valence-corrected chi connectivity index (χ1v) is 5.17. The standard InChI is InChI=1S/C10H7ClOS/c1-13-10-5-4-8(3-2-6-12)7-9(10)11/h4-7H,1H3. The van der Waals surface area contributed by atoms with E-state index in [0.717, 1.165) is 10.5 Å². The molecule has 0 saturated heterocycles. The maximum atomic E-state index is 9.98. The van der Waals surface area contributed by atoms with Crippen LogP contribution in [0.25, 0.3) is 0 Å². The summed E-state index contributed by atoms with van der Waals surface area (Å²) < 4.78 is 0. The first-order valence-electron chi connectivity index (χ1n) is 3.56. The lowest BCUT2D eigenvalue weighted by molar-refractivity contribution is -0.103. The normalized spacial score (nSPS) is 8.77. The smallest absolute Gasteiger partial charge is 0.193 e. The molecule has 3 heteroatoms. The number of carbonyl (C=O) groups is 1. The van der Waals surface area contributed by atoms with Gasteiger partial charge in [-0.05, 0) is 30.4 Å². The highest BCUT2D eigenvalue weighted by Crippen LogP contribution is 2.25. The van der Waals surface area contributed by atoms with Crippen LogP contribution in [0.15, 0.2) is 23.1 Å². The highest BCUT2D eigenvalue weighted by Gasteiger charge is 1.98. The van der Waals surface area contributed by atoms with Crippen LogP contribution >= 0.6 is 23.4 Å². The van der Waals surface area contributed by atoms with Crippen LogP contribution in [0.1, 0.15) is 5.56 Å². The monoisotopic (exact) mass is 210 g/mol. The fraction of sp³-hybridized carbons (Fsp3) is 0.100. The zero-order chi connectivity index (χ0) is 9.68. The van der Waals surface area contributed by atoms with Crippen molar-refractivity contribution in [1.29, 1.82) is 0 Å². The molecule has 0 radical (unpaired) electrons. The van der Waals surface area contributed by atoms with Crippen LogP contribution in [0.4, 0.5) is 0 Å². The number of aldehydes is 1. The van der Waals surface area contributed by atoms with E-state index in [1.807, 2.05) is 18.4 Å². The predicted molar refractivity (Wildman–Crippen MR) is 56.2 cm³/mol. The number of halogens is 1. The molecule has 0 aliphatic heterocycles. The summed E-state index contributed by atoms with van der Waals surface area (Å²) in [5.41, 5.74) is 0.759. The minimum Gasteiger partial charge on any atom is -0.289 e. The van der Waals surface area contributed by atoms with Gasteiger partial charge >= 0.3 is 0 Å². The van der Waals surface area contributed by atoms with Gasteiger partial charge in [-0.15, -0.1) is 11.8 Å². The number of hydrogen-bond donors (Lipinski definition) is 0. The number of carbonyl (C=O) groups excluding carboxylic acids is 1. The molecule has 0 bridgehead atoms. The first kappa shape index (κ1) is 10.2. The van der Waals surface area contributed by atoms with Gasteiger partial charge < -0.3 is 0 Å². The van der Waals surface area contributed by atoms with Crippen molar-refractivity contribution in [3.05, 3.63) is 28.8 Å². The second-order valence-corrected chi connectivity index (χ2v) is 3.49. The van der Waals surface area contributed by atoms with Gasteiger partial charge in [-0.3, -0.25) is 4.79 Å². The molecule has 0 heterocycles. The lowest BCUT2D eigenvalue weighted by Gasteiger charge is -1.99. The molecule has 0 fully saturated rings. The molecule has 13 heavy (non-hydrogen) atoms. The third-order valence-corrected chi connectivity index (χ3v) is 2.65. The summed E-state index contributed by atoms with van der Waals surface area (Å²) in [6, 6.07) is 5.49. The number of rotatable bonds is 1. The Balaban J connectivity index is 3.02. The summed E-state index contributed by atoms with van der Waals surface area (Å²) >= 11 is 7.51. The summed E-state index contributed by atoms with van der Waals surface area (Å²) in [5.74, 6) is 5.01. The maximum absolute atomic E-state index is 9.98. The summed E-state index contributed by atoms with van der Waals surface area (Å²) in [5, 5.41) is 0.671. The van der Waals surface area contributed by atoms with E-state index in [1.165, 1.54) is 0 Å². The minimum atomic E-state index is 0.566. The van der Waals surface area contributed by atoms with E-state index >= 15 is 0 Å². The molecule has 1 nitrogen and oxygen atoms in total. The van der Waals surface area contributed by atoms with Gasteiger partial charge in [0.15, 0.2) is 6.29 Å². The molecule has 0 unspecified atom stereocenters. The Labute approximate surface area is 86.5 Å². The van der Waals surface area contributed by atoms with Crippen LogP contribution in [-0.4, -0.2) is 12.5 Å². The van der Waals surface area contributed by atoms with Gasteiger partial charge in [0.2, 0.25) is 0 Å². The average Bonchev–Trinajstić information content (AvgIpc) is 2.15. The lowest BCUT2D eigenvalue weighted by atomic mass is 10.2. The Hall–Kier alpha value is -0.910. The Morgan fingerprint density at radius 1 is 1.54 bits per heavy atom. The maximum Gasteiger partial charge on any atom is 0.193 e. The van der Waals surface area contributed by atoms with Crippen molar-refractivity contribution in [2.45, 2.75) is 4.90 Å². The van der Waals surface area contributed by atoms with Crippen molar-refractivity contribution < 1.29 is 4.79 Å². The van der Waals surface area contributed by atoms with Gasteiger partial charge in [-0.2, -0.15) is 0 Å². The van der Waals surface area contributed by atoms with Crippen LogP contribution in [0.2, 0.25) is 5.02 Å². The quantitative estimate of drug-likeness (QED) is 0.403. The Morgan fingerprint density at radius 2 is 2.31 bits per heavy atom. The highest BCUT2D eigenvalue weighted by atomic mass is 35.5. The fourth-order valence-electron chi connectivity index (χ4n) is 0.857. The zero-order valence-corrected chi connectivity index (χ0v) is 8.58. The summed E-state index contributed by atoms with van der Waals surface area (Å²) in [6.45, 7) is 0. The van der Waals surface area contributed by atoms with Gasteiger partial charge in [-0.25, -0.2) is 0 Å². The van der Waals surface area contributed by atoms with E-state index in [-0.39, 0.29) is 0 Å². The van der Waals surface area contributed by atoms with E-state index in [9.17, 15) is 4.79 Å². The van der Waals surface area contributed by atoms with Gasteiger partial charge in [0, 0.05) is 10.5 Å². The molecule has 0 aliphatic carbocycles. The molecule has 0 aliphatic rings. The summed E-state index contributed by atoms with van der Waals surface area (Å²) in [7, 11) is 0. The summed E-state index contributed by atoms with van der Waals surface area (Å²) in [4.78, 5) is 11.0. The Bertz CT molecular complexity index is 376. The molecule has 0 spiro atoms. The molecule has 0 N–H and O–H groups in total. The van der Waals surface area contributed by atoms with Crippen LogP contribution in [-0.2, 0) is 4.79 Å². The lowest BCUT2D eigenvalue weighted by Crippen LogP contribution is -1.77. The van der Waals surface area contributed by atoms with Crippen LogP contribution in [0.5, 0.6) is 0 Å². The van der Waals surface area contributed by atoms with E-state index in [0.29, 0.717) is 11.3 Å². The second-order valence-electron chi connectivity index (χ2n) is 2.24. The topological polar surface area (TPSA) is 17.1 Å². The van der Waals surface area contributed by atoms with E-state index < -0.39 is 0 Å². The zero-order valence-electron chi connectivity index (χ0n) is 7.00. The van der Waals surface area contributed by atoms with Gasteiger partial charge in [0.25, 0.3) is 0 Å². The molecule has 1 aromatic rings. The third-order valence-electron chi connectivity index (χ3n) is 1.43. The first-order chi connectivity index (χ1) is 6.27. The van der Waals surface area contributed by atoms with Crippen molar-refractivity contribution in [2.24, 2.45) is 0 Å². The van der Waals surface area contributed by atoms with E-state index in [4.69, 9.17) is 11.6 Å². The van der Waals surface area contributed by atoms with Crippen molar-refractivity contribution in [2.75, 3.05) is 6.26 Å². The van der Waals surface area contributed by atoms with Crippen molar-refractivity contribution in [1.82, 2.24) is 0 Å². The van der Waals surface area contributed by atoms with Crippen molar-refractivity contribution in [3.63, 3.8) is 0 Å². The SMILES string of the molecule is CSc1ccc(C#CC=O)cc1Cl. The van der Waals surface area contributed by atoms with Gasteiger partial charge in [-0.1, -0.05) is 17.5 Å². The minimum absolute atomic E-state index is 0.566. The van der Waals surface area contributed by atoms with Gasteiger partial charge in [0.05, 0.1) is 5.02 Å². The molecular formula is C10H7ClOS. The van der Waals surface area contributed by atoms with Crippen LogP contribution in [0, 0.1) is 11.8 Å². The fourth-order valence-corrected chi connectivity index (χ4v) is 1.73. The van der Waals surface area contributed by atoms with E-state index in [1.54, 1.807) is 17.8 Å². The third kappa shape index (κ3) is 2.80. The summed E-state index contributed by atoms with van der Waals surface area (Å²) in [6.07, 6.45) is 2.52. The van der Waals surface area contributed by atoms with Crippen LogP contribution < -0.4 is 0 Å². The molecule has 0 amide bonds. The van der Waals surface area contributed by atoms with Crippen LogP contribution in [0.3, 0.4) is 0 Å². The molecule has 1 aromatic carbocycles. The Morgan fingerprint density at radius 3 is 2.85 bits per heavy atom. The molecule has 0 atom stereocenters. The van der Waals surface area contributed by atoms with Gasteiger partial charge in [0.1, 0.15) is 0 Å². The van der Waals surface area contributed by atoms with E-state index in [2.05, 4.69) is 11.8 Å². The molecule has 0 saturated carbocycles. The molecule has 0 aromatic heterocycles. The number of benzene rings is 1.